The van der Waals surface area contributed by atoms with E-state index in [9.17, 15) is 4.79 Å². The quantitative estimate of drug-likeness (QED) is 0.579. The molecule has 3 rings (SSSR count). The summed E-state index contributed by atoms with van der Waals surface area (Å²) in [6.45, 7) is 4.70. The lowest BCUT2D eigenvalue weighted by atomic mass is 10.1. The lowest BCUT2D eigenvalue weighted by molar-refractivity contribution is -0.126. The van der Waals surface area contributed by atoms with Crippen LogP contribution in [0.3, 0.4) is 0 Å². The Hall–Kier alpha value is -1.81. The molecule has 0 bridgehead atoms. The normalized spacial score (nSPS) is 20.2. The first-order chi connectivity index (χ1) is 13.8. The van der Waals surface area contributed by atoms with Crippen molar-refractivity contribution in [2.75, 3.05) is 13.7 Å². The van der Waals surface area contributed by atoms with Crippen LogP contribution in [0.2, 0.25) is 0 Å². The maximum absolute atomic E-state index is 12.6. The molecule has 1 aliphatic heterocycles. The van der Waals surface area contributed by atoms with Gasteiger partial charge in [0, 0.05) is 18.5 Å². The predicted molar refractivity (Wildman–Crippen MR) is 112 cm³/mol. The second kappa shape index (κ2) is 9.34. The fraction of sp³-hybridized carbons (Fsp3) is 0.550. The molecule has 0 saturated heterocycles. The number of fused-ring (bicyclic) bond motifs is 1. The number of aromatic nitrogens is 3. The van der Waals surface area contributed by atoms with E-state index in [-0.39, 0.29) is 23.4 Å². The van der Waals surface area contributed by atoms with Gasteiger partial charge in [-0.15, -0.1) is 10.2 Å². The Kier molecular flexibility index (Phi) is 7.05. The van der Waals surface area contributed by atoms with Gasteiger partial charge in [0.15, 0.2) is 11.6 Å². The molecule has 29 heavy (non-hydrogen) atoms. The van der Waals surface area contributed by atoms with Crippen LogP contribution in [0.5, 0.6) is 0 Å². The number of carbonyl (C=O) groups excluding carboxylic acids is 1. The van der Waals surface area contributed by atoms with Crippen LogP contribution >= 0.6 is 15.9 Å². The first-order valence-corrected chi connectivity index (χ1v) is 10.5. The van der Waals surface area contributed by atoms with E-state index in [1.807, 2.05) is 34.9 Å². The molecular weight excluding hydrogens is 438 g/mol. The van der Waals surface area contributed by atoms with E-state index in [0.717, 1.165) is 17.8 Å². The summed E-state index contributed by atoms with van der Waals surface area (Å²) >= 11 is 3.68. The Morgan fingerprint density at radius 2 is 2.10 bits per heavy atom. The molecule has 1 amide bonds. The molecule has 0 radical (unpaired) electrons. The van der Waals surface area contributed by atoms with Crippen LogP contribution < -0.4 is 11.1 Å². The molecule has 0 aliphatic carbocycles. The number of nitrogens with one attached hydrogen (secondary N) is 1. The van der Waals surface area contributed by atoms with Crippen LogP contribution in [0.25, 0.3) is 0 Å². The lowest BCUT2D eigenvalue weighted by Gasteiger charge is -2.29. The van der Waals surface area contributed by atoms with Crippen LogP contribution in [0.1, 0.15) is 49.6 Å². The van der Waals surface area contributed by atoms with Gasteiger partial charge in [-0.3, -0.25) is 4.79 Å². The number of benzene rings is 1. The predicted octanol–water partition coefficient (Wildman–Crippen LogP) is 2.24. The van der Waals surface area contributed by atoms with Crippen molar-refractivity contribution < 1.29 is 14.3 Å². The third kappa shape index (κ3) is 5.42. The van der Waals surface area contributed by atoms with Crippen molar-refractivity contribution in [3.8, 4) is 0 Å². The van der Waals surface area contributed by atoms with E-state index in [2.05, 4.69) is 31.4 Å². The molecule has 3 atom stereocenters. The molecule has 1 aromatic carbocycles. The minimum atomic E-state index is -1.02. The van der Waals surface area contributed by atoms with Crippen molar-refractivity contribution in [2.24, 2.45) is 5.73 Å². The molecule has 2 aromatic rings. The highest BCUT2D eigenvalue weighted by atomic mass is 79.9. The smallest absolute Gasteiger partial charge is 0.240 e. The van der Waals surface area contributed by atoms with Gasteiger partial charge in [-0.05, 0) is 25.8 Å². The Balaban J connectivity index is 1.81. The van der Waals surface area contributed by atoms with Gasteiger partial charge in [0.05, 0.1) is 18.8 Å². The molecule has 2 unspecified atom stereocenters. The summed E-state index contributed by atoms with van der Waals surface area (Å²) in [7, 11) is 1.66. The summed E-state index contributed by atoms with van der Waals surface area (Å²) in [5.74, 6) is 1.11. The van der Waals surface area contributed by atoms with Gasteiger partial charge in [-0.1, -0.05) is 46.3 Å². The molecule has 3 N–H and O–H groups in total. The number of carbonyl (C=O) groups is 1. The highest BCUT2D eigenvalue weighted by molar-refractivity contribution is 9.09. The number of methoxy groups -OCH3 is 1. The van der Waals surface area contributed by atoms with Crippen molar-refractivity contribution in [3.05, 3.63) is 47.5 Å². The molecule has 1 aromatic heterocycles. The number of nitrogens with two attached hydrogens (primary N) is 1. The van der Waals surface area contributed by atoms with E-state index >= 15 is 0 Å². The molecule has 0 saturated carbocycles. The summed E-state index contributed by atoms with van der Waals surface area (Å²) < 4.78 is 13.5. The van der Waals surface area contributed by atoms with E-state index in [4.69, 9.17) is 15.2 Å². The highest BCUT2D eigenvalue weighted by Gasteiger charge is 2.34. The van der Waals surface area contributed by atoms with Crippen molar-refractivity contribution in [1.29, 1.82) is 0 Å². The number of halogens is 1. The molecule has 9 heteroatoms. The third-order valence-corrected chi connectivity index (χ3v) is 5.49. The monoisotopic (exact) mass is 465 g/mol. The highest BCUT2D eigenvalue weighted by Crippen LogP contribution is 2.32. The standard InChI is InChI=1S/C20H28BrN5O3/c1-20(2,22)19(27)23-15(12-29-11-13-7-5-4-6-8-13)17-24-25-18-16(28-3)9-14(21)10-26(17)18/h4-8,14-16H,9-12,22H2,1-3H3,(H,23,27)/t14?,15-,16?/m1/s1. The van der Waals surface area contributed by atoms with Gasteiger partial charge in [0.1, 0.15) is 12.1 Å². The molecule has 8 nitrogen and oxygen atoms in total. The van der Waals surface area contributed by atoms with Gasteiger partial charge in [-0.25, -0.2) is 0 Å². The van der Waals surface area contributed by atoms with Crippen LogP contribution in [-0.4, -0.2) is 44.8 Å². The zero-order valence-corrected chi connectivity index (χ0v) is 18.6. The average molecular weight is 466 g/mol. The summed E-state index contributed by atoms with van der Waals surface area (Å²) in [6, 6.07) is 9.39. The zero-order chi connectivity index (χ0) is 21.0. The van der Waals surface area contributed by atoms with Gasteiger partial charge in [0.2, 0.25) is 5.91 Å². The first-order valence-electron chi connectivity index (χ1n) is 9.61. The van der Waals surface area contributed by atoms with Gasteiger partial charge >= 0.3 is 0 Å². The van der Waals surface area contributed by atoms with E-state index in [0.29, 0.717) is 19.0 Å². The SMILES string of the molecule is COC1CC(Br)Cn2c1nnc2[C@@H](COCc1ccccc1)NC(=O)C(C)(C)N. The van der Waals surface area contributed by atoms with Crippen LogP contribution in [0.15, 0.2) is 30.3 Å². The van der Waals surface area contributed by atoms with E-state index in [1.165, 1.54) is 0 Å². The number of nitrogens with zero attached hydrogens (tertiary/aromatic N) is 3. The molecule has 1 aliphatic rings. The zero-order valence-electron chi connectivity index (χ0n) is 17.0. The second-order valence-corrected chi connectivity index (χ2v) is 9.13. The minimum absolute atomic E-state index is 0.151. The minimum Gasteiger partial charge on any atom is -0.374 e. The maximum atomic E-state index is 12.6. The Labute approximate surface area is 179 Å². The summed E-state index contributed by atoms with van der Waals surface area (Å²) in [5.41, 5.74) is 6.02. The molecule has 2 heterocycles. The average Bonchev–Trinajstić information content (AvgIpc) is 3.10. The van der Waals surface area contributed by atoms with Crippen LogP contribution in [-0.2, 0) is 27.4 Å². The second-order valence-electron chi connectivity index (χ2n) is 7.83. The van der Waals surface area contributed by atoms with Crippen molar-refractivity contribution in [1.82, 2.24) is 20.1 Å². The topological polar surface area (TPSA) is 104 Å². The fourth-order valence-electron chi connectivity index (χ4n) is 3.22. The molecule has 158 valence electrons. The van der Waals surface area contributed by atoms with E-state index in [1.54, 1.807) is 21.0 Å². The summed E-state index contributed by atoms with van der Waals surface area (Å²) in [5, 5.41) is 11.7. The van der Waals surface area contributed by atoms with Crippen molar-refractivity contribution in [3.63, 3.8) is 0 Å². The molecule has 0 spiro atoms. The summed E-state index contributed by atoms with van der Waals surface area (Å²) in [6.07, 6.45) is 0.660. The van der Waals surface area contributed by atoms with Crippen LogP contribution in [0.4, 0.5) is 0 Å². The van der Waals surface area contributed by atoms with Crippen LogP contribution in [0, 0.1) is 0 Å². The van der Waals surface area contributed by atoms with Crippen molar-refractivity contribution >= 4 is 21.8 Å². The Bertz CT molecular complexity index is 821. The van der Waals surface area contributed by atoms with Gasteiger partial charge in [-0.2, -0.15) is 0 Å². The number of hydrogen-bond acceptors (Lipinski definition) is 6. The number of alkyl halides is 1. The first kappa shape index (κ1) is 21.9. The Morgan fingerprint density at radius 3 is 2.76 bits per heavy atom. The molecule has 0 fully saturated rings. The molecular formula is C20H28BrN5O3. The Morgan fingerprint density at radius 1 is 1.38 bits per heavy atom. The number of rotatable bonds is 8. The number of ether oxygens (including phenoxy) is 2. The lowest BCUT2D eigenvalue weighted by Crippen LogP contribution is -2.51. The third-order valence-electron chi connectivity index (χ3n) is 4.83. The van der Waals surface area contributed by atoms with Crippen molar-refractivity contribution in [2.45, 2.75) is 55.9 Å². The fourth-order valence-corrected chi connectivity index (χ4v) is 3.85. The summed E-state index contributed by atoms with van der Waals surface area (Å²) in [4.78, 5) is 12.8. The van der Waals surface area contributed by atoms with Gasteiger partial charge < -0.3 is 25.1 Å². The number of amides is 1. The van der Waals surface area contributed by atoms with Gasteiger partial charge in [0.25, 0.3) is 0 Å². The number of hydrogen-bond donors (Lipinski definition) is 2. The largest absolute Gasteiger partial charge is 0.374 e. The maximum Gasteiger partial charge on any atom is 0.240 e. The van der Waals surface area contributed by atoms with E-state index < -0.39 is 11.6 Å².